The zero-order valence-corrected chi connectivity index (χ0v) is 9.18. The summed E-state index contributed by atoms with van der Waals surface area (Å²) in [5.41, 5.74) is 0.484. The molecule has 0 amide bonds. The molecule has 0 aliphatic carbocycles. The summed E-state index contributed by atoms with van der Waals surface area (Å²) in [5, 5.41) is 0. The molecule has 5 heteroatoms. The Morgan fingerprint density at radius 3 is 3.12 bits per heavy atom. The van der Waals surface area contributed by atoms with Crippen molar-refractivity contribution in [2.24, 2.45) is 5.92 Å². The zero-order valence-electron chi connectivity index (χ0n) is 9.18. The fourth-order valence-corrected chi connectivity index (χ4v) is 1.72. The predicted octanol–water partition coefficient (Wildman–Crippen LogP) is 0.157. The molecule has 1 saturated heterocycles. The molecule has 2 heterocycles. The Kier molecular flexibility index (Phi) is 3.14. The van der Waals surface area contributed by atoms with E-state index in [1.54, 1.807) is 6.92 Å². The number of rotatable bonds is 3. The van der Waals surface area contributed by atoms with Gasteiger partial charge in [0.05, 0.1) is 19.5 Å². The number of aryl methyl sites for hydroxylation is 1. The van der Waals surface area contributed by atoms with Gasteiger partial charge in [0.1, 0.15) is 0 Å². The zero-order chi connectivity index (χ0) is 11.5. The second-order valence-electron chi connectivity index (χ2n) is 4.02. The van der Waals surface area contributed by atoms with Crippen LogP contribution in [0.2, 0.25) is 0 Å². The Balaban J connectivity index is 2.08. The van der Waals surface area contributed by atoms with E-state index >= 15 is 0 Å². The summed E-state index contributed by atoms with van der Waals surface area (Å²) in [5.74, 6) is -0.0153. The Bertz CT molecular complexity index is 447. The molecule has 0 N–H and O–H groups in total. The average molecular weight is 222 g/mol. The summed E-state index contributed by atoms with van der Waals surface area (Å²) < 4.78 is 6.48. The second-order valence-corrected chi connectivity index (χ2v) is 4.02. The first-order valence-electron chi connectivity index (χ1n) is 5.30. The van der Waals surface area contributed by atoms with Gasteiger partial charge >= 0.3 is 0 Å². The molecule has 1 aromatic heterocycles. The van der Waals surface area contributed by atoms with Gasteiger partial charge in [-0.25, -0.2) is 4.98 Å². The molecule has 1 aromatic rings. The van der Waals surface area contributed by atoms with Crippen LogP contribution in [0.4, 0.5) is 0 Å². The van der Waals surface area contributed by atoms with Crippen molar-refractivity contribution in [3.05, 3.63) is 28.4 Å². The Hall–Kier alpha value is -1.49. The number of carbonyl (C=O) groups excluding carboxylic acids is 1. The maximum absolute atomic E-state index is 11.8. The van der Waals surface area contributed by atoms with Crippen LogP contribution in [-0.2, 0) is 16.1 Å². The lowest BCUT2D eigenvalue weighted by Gasteiger charge is -2.08. The second kappa shape index (κ2) is 4.57. The van der Waals surface area contributed by atoms with Crippen LogP contribution in [0.25, 0.3) is 0 Å². The lowest BCUT2D eigenvalue weighted by atomic mass is 10.0. The molecule has 16 heavy (non-hydrogen) atoms. The van der Waals surface area contributed by atoms with Crippen molar-refractivity contribution in [2.75, 3.05) is 13.2 Å². The highest BCUT2D eigenvalue weighted by Gasteiger charge is 2.23. The van der Waals surface area contributed by atoms with Gasteiger partial charge in [-0.05, 0) is 13.3 Å². The van der Waals surface area contributed by atoms with E-state index in [2.05, 4.69) is 4.98 Å². The SMILES string of the molecule is Cc1cc(=O)n(CC(=O)C2CCOC2)cn1. The van der Waals surface area contributed by atoms with Crippen molar-refractivity contribution in [3.63, 3.8) is 0 Å². The van der Waals surface area contributed by atoms with E-state index in [1.165, 1.54) is 17.0 Å². The van der Waals surface area contributed by atoms with Gasteiger partial charge < -0.3 is 4.74 Å². The molecule has 1 aliphatic rings. The third-order valence-electron chi connectivity index (χ3n) is 2.73. The molecule has 86 valence electrons. The monoisotopic (exact) mass is 222 g/mol. The van der Waals surface area contributed by atoms with E-state index in [1.807, 2.05) is 0 Å². The van der Waals surface area contributed by atoms with Crippen LogP contribution >= 0.6 is 0 Å². The standard InChI is InChI=1S/C11H14N2O3/c1-8-4-11(15)13(7-12-8)5-10(14)9-2-3-16-6-9/h4,7,9H,2-3,5-6H2,1H3. The summed E-state index contributed by atoms with van der Waals surface area (Å²) in [6.45, 7) is 2.96. The summed E-state index contributed by atoms with van der Waals surface area (Å²) in [6.07, 6.45) is 2.18. The highest BCUT2D eigenvalue weighted by molar-refractivity contribution is 5.81. The maximum Gasteiger partial charge on any atom is 0.253 e. The molecule has 1 aliphatic heterocycles. The van der Waals surface area contributed by atoms with Gasteiger partial charge in [0.2, 0.25) is 0 Å². The molecule has 0 radical (unpaired) electrons. The van der Waals surface area contributed by atoms with Crippen molar-refractivity contribution < 1.29 is 9.53 Å². The van der Waals surface area contributed by atoms with Crippen LogP contribution < -0.4 is 5.56 Å². The lowest BCUT2D eigenvalue weighted by molar-refractivity contribution is -0.123. The fraction of sp³-hybridized carbons (Fsp3) is 0.545. The molecular weight excluding hydrogens is 208 g/mol. The molecule has 0 bridgehead atoms. The molecule has 0 aromatic carbocycles. The minimum absolute atomic E-state index is 0.0465. The van der Waals surface area contributed by atoms with Gasteiger partial charge in [-0.15, -0.1) is 0 Å². The van der Waals surface area contributed by atoms with Gasteiger partial charge in [0, 0.05) is 24.3 Å². The number of hydrogen-bond acceptors (Lipinski definition) is 4. The first-order chi connectivity index (χ1) is 7.66. The van der Waals surface area contributed by atoms with Gasteiger partial charge in [-0.3, -0.25) is 14.2 Å². The number of ether oxygens (including phenoxy) is 1. The van der Waals surface area contributed by atoms with E-state index in [0.717, 1.165) is 6.42 Å². The Morgan fingerprint density at radius 2 is 2.50 bits per heavy atom. The van der Waals surface area contributed by atoms with Crippen LogP contribution in [0, 0.1) is 12.8 Å². The van der Waals surface area contributed by atoms with Crippen molar-refractivity contribution in [1.82, 2.24) is 9.55 Å². The number of carbonyl (C=O) groups is 1. The van der Waals surface area contributed by atoms with Crippen molar-refractivity contribution >= 4 is 5.78 Å². The quantitative estimate of drug-likeness (QED) is 0.730. The van der Waals surface area contributed by atoms with E-state index in [4.69, 9.17) is 4.74 Å². The third-order valence-corrected chi connectivity index (χ3v) is 2.73. The number of hydrogen-bond donors (Lipinski definition) is 0. The first-order valence-corrected chi connectivity index (χ1v) is 5.30. The molecule has 5 nitrogen and oxygen atoms in total. The lowest BCUT2D eigenvalue weighted by Crippen LogP contribution is -2.28. The minimum Gasteiger partial charge on any atom is -0.381 e. The summed E-state index contributed by atoms with van der Waals surface area (Å²) in [4.78, 5) is 27.3. The third kappa shape index (κ3) is 2.36. The van der Waals surface area contributed by atoms with Gasteiger partial charge in [-0.1, -0.05) is 0 Å². The Labute approximate surface area is 93.1 Å². The van der Waals surface area contributed by atoms with E-state index in [0.29, 0.717) is 18.9 Å². The minimum atomic E-state index is -0.181. The van der Waals surface area contributed by atoms with Gasteiger partial charge in [-0.2, -0.15) is 0 Å². The fourth-order valence-electron chi connectivity index (χ4n) is 1.72. The van der Waals surface area contributed by atoms with E-state index in [9.17, 15) is 9.59 Å². The largest absolute Gasteiger partial charge is 0.381 e. The van der Waals surface area contributed by atoms with E-state index < -0.39 is 0 Å². The molecule has 1 fully saturated rings. The van der Waals surface area contributed by atoms with Crippen molar-refractivity contribution in [2.45, 2.75) is 19.9 Å². The molecule has 0 spiro atoms. The van der Waals surface area contributed by atoms with E-state index in [-0.39, 0.29) is 23.8 Å². The van der Waals surface area contributed by atoms with Crippen LogP contribution in [0.1, 0.15) is 12.1 Å². The smallest absolute Gasteiger partial charge is 0.253 e. The van der Waals surface area contributed by atoms with Crippen LogP contribution in [-0.4, -0.2) is 28.5 Å². The van der Waals surface area contributed by atoms with Crippen LogP contribution in [0.3, 0.4) is 0 Å². The average Bonchev–Trinajstić information content (AvgIpc) is 2.75. The molecule has 1 atom stereocenters. The van der Waals surface area contributed by atoms with Crippen molar-refractivity contribution in [1.29, 1.82) is 0 Å². The van der Waals surface area contributed by atoms with Crippen LogP contribution in [0.5, 0.6) is 0 Å². The topological polar surface area (TPSA) is 61.2 Å². The first kappa shape index (κ1) is 11.0. The molecule has 2 rings (SSSR count). The molecule has 0 saturated carbocycles. The molecular formula is C11H14N2O3. The highest BCUT2D eigenvalue weighted by Crippen LogP contribution is 2.13. The number of aromatic nitrogens is 2. The highest BCUT2D eigenvalue weighted by atomic mass is 16.5. The maximum atomic E-state index is 11.8. The summed E-state index contributed by atoms with van der Waals surface area (Å²) in [6, 6.07) is 1.43. The summed E-state index contributed by atoms with van der Waals surface area (Å²) >= 11 is 0. The predicted molar refractivity (Wildman–Crippen MR) is 57.2 cm³/mol. The van der Waals surface area contributed by atoms with Gasteiger partial charge in [0.25, 0.3) is 5.56 Å². The van der Waals surface area contributed by atoms with Gasteiger partial charge in [0.15, 0.2) is 5.78 Å². The van der Waals surface area contributed by atoms with Crippen molar-refractivity contribution in [3.8, 4) is 0 Å². The summed E-state index contributed by atoms with van der Waals surface area (Å²) in [7, 11) is 0. The number of Topliss-reactive ketones (excluding diaryl/α,β-unsaturated/α-hetero) is 1. The Morgan fingerprint density at radius 1 is 1.69 bits per heavy atom. The molecule has 1 unspecified atom stereocenters. The number of ketones is 1. The van der Waals surface area contributed by atoms with Crippen LogP contribution in [0.15, 0.2) is 17.2 Å². The number of nitrogens with zero attached hydrogens (tertiary/aromatic N) is 2. The normalized spacial score (nSPS) is 19.9.